The zero-order valence-corrected chi connectivity index (χ0v) is 11.8. The van der Waals surface area contributed by atoms with Crippen LogP contribution in [0.1, 0.15) is 0 Å². The molecule has 0 aliphatic carbocycles. The van der Waals surface area contributed by atoms with Gasteiger partial charge in [0, 0.05) is 21.7 Å². The minimum atomic E-state index is -0.472. The van der Waals surface area contributed by atoms with Crippen LogP contribution in [0.2, 0.25) is 10.0 Å². The fourth-order valence-corrected chi connectivity index (χ4v) is 2.88. The second-order valence-electron chi connectivity index (χ2n) is 3.63. The maximum Gasteiger partial charge on any atom is 0.284 e. The Balaban J connectivity index is 2.46. The smallest absolute Gasteiger partial charge is 0.284 e. The molecule has 0 fully saturated rings. The van der Waals surface area contributed by atoms with Gasteiger partial charge in [-0.1, -0.05) is 41.0 Å². The van der Waals surface area contributed by atoms with Gasteiger partial charge in [-0.25, -0.2) is 0 Å². The SMILES string of the molecule is Nc1cc(Cl)ccc1Sc1c(Cl)cccc1[N+](=O)[O-]. The molecule has 0 aliphatic heterocycles. The Labute approximate surface area is 123 Å². The zero-order chi connectivity index (χ0) is 14.0. The van der Waals surface area contributed by atoms with Crippen molar-refractivity contribution in [3.8, 4) is 0 Å². The zero-order valence-electron chi connectivity index (χ0n) is 9.47. The Morgan fingerprint density at radius 2 is 1.95 bits per heavy atom. The van der Waals surface area contributed by atoms with Crippen molar-refractivity contribution in [2.75, 3.05) is 5.73 Å². The van der Waals surface area contributed by atoms with Gasteiger partial charge in [-0.3, -0.25) is 10.1 Å². The van der Waals surface area contributed by atoms with Gasteiger partial charge >= 0.3 is 0 Å². The van der Waals surface area contributed by atoms with Crippen molar-refractivity contribution in [2.24, 2.45) is 0 Å². The minimum Gasteiger partial charge on any atom is -0.398 e. The molecular formula is C12H8Cl2N2O2S. The molecule has 2 N–H and O–H groups in total. The molecule has 0 bridgehead atoms. The van der Waals surface area contributed by atoms with Gasteiger partial charge in [-0.2, -0.15) is 0 Å². The number of anilines is 1. The summed E-state index contributed by atoms with van der Waals surface area (Å²) in [5.41, 5.74) is 6.23. The quantitative estimate of drug-likeness (QED) is 0.509. The molecule has 0 saturated heterocycles. The highest BCUT2D eigenvalue weighted by molar-refractivity contribution is 7.99. The third-order valence-electron chi connectivity index (χ3n) is 2.33. The maximum atomic E-state index is 11.0. The van der Waals surface area contributed by atoms with Gasteiger partial charge in [-0.05, 0) is 24.3 Å². The number of nitrogen functional groups attached to an aromatic ring is 1. The van der Waals surface area contributed by atoms with Crippen molar-refractivity contribution in [3.63, 3.8) is 0 Å². The van der Waals surface area contributed by atoms with Crippen LogP contribution in [-0.4, -0.2) is 4.92 Å². The summed E-state index contributed by atoms with van der Waals surface area (Å²) in [5, 5.41) is 11.8. The molecule has 0 saturated carbocycles. The van der Waals surface area contributed by atoms with Crippen molar-refractivity contribution in [2.45, 2.75) is 9.79 Å². The average molecular weight is 315 g/mol. The van der Waals surface area contributed by atoms with E-state index in [2.05, 4.69) is 0 Å². The predicted molar refractivity (Wildman–Crippen MR) is 78.1 cm³/mol. The van der Waals surface area contributed by atoms with Gasteiger partial charge in [0.1, 0.15) is 4.90 Å². The van der Waals surface area contributed by atoms with E-state index in [1.165, 1.54) is 12.1 Å². The molecule has 0 unspecified atom stereocenters. The van der Waals surface area contributed by atoms with E-state index in [1.54, 1.807) is 24.3 Å². The molecule has 19 heavy (non-hydrogen) atoms. The molecule has 7 heteroatoms. The number of nitro benzene ring substituents is 1. The third kappa shape index (κ3) is 3.12. The summed E-state index contributed by atoms with van der Waals surface area (Å²) in [6.07, 6.45) is 0. The number of halogens is 2. The number of nitrogens with zero attached hydrogens (tertiary/aromatic N) is 1. The van der Waals surface area contributed by atoms with Gasteiger partial charge < -0.3 is 5.73 Å². The molecule has 0 amide bonds. The summed E-state index contributed by atoms with van der Waals surface area (Å²) < 4.78 is 0. The number of hydrogen-bond donors (Lipinski definition) is 1. The van der Waals surface area contributed by atoms with E-state index in [9.17, 15) is 10.1 Å². The largest absolute Gasteiger partial charge is 0.398 e. The van der Waals surface area contributed by atoms with E-state index in [1.807, 2.05) is 0 Å². The second kappa shape index (κ2) is 5.69. The second-order valence-corrected chi connectivity index (χ2v) is 5.53. The summed E-state index contributed by atoms with van der Waals surface area (Å²) in [6, 6.07) is 9.50. The van der Waals surface area contributed by atoms with Crippen LogP contribution in [0.4, 0.5) is 11.4 Å². The Kier molecular flexibility index (Phi) is 4.19. The molecule has 0 heterocycles. The van der Waals surface area contributed by atoms with Gasteiger partial charge in [0.15, 0.2) is 0 Å². The van der Waals surface area contributed by atoms with Gasteiger partial charge in [0.05, 0.1) is 9.95 Å². The maximum absolute atomic E-state index is 11.0. The van der Waals surface area contributed by atoms with Crippen molar-refractivity contribution in [3.05, 3.63) is 56.6 Å². The van der Waals surface area contributed by atoms with Crippen LogP contribution >= 0.6 is 35.0 Å². The number of rotatable bonds is 3. The highest BCUT2D eigenvalue weighted by atomic mass is 35.5. The van der Waals surface area contributed by atoms with Crippen LogP contribution in [0.5, 0.6) is 0 Å². The molecule has 2 rings (SSSR count). The molecule has 0 aliphatic rings. The normalized spacial score (nSPS) is 10.4. The minimum absolute atomic E-state index is 0.0492. The third-order valence-corrected chi connectivity index (χ3v) is 4.21. The molecule has 4 nitrogen and oxygen atoms in total. The van der Waals surface area contributed by atoms with E-state index in [0.717, 1.165) is 11.8 Å². The molecule has 2 aromatic carbocycles. The van der Waals surface area contributed by atoms with Crippen LogP contribution in [-0.2, 0) is 0 Å². The Morgan fingerprint density at radius 1 is 1.21 bits per heavy atom. The lowest BCUT2D eigenvalue weighted by Gasteiger charge is -2.07. The Morgan fingerprint density at radius 3 is 2.58 bits per heavy atom. The average Bonchev–Trinajstić information content (AvgIpc) is 2.34. The molecule has 0 atom stereocenters. The van der Waals surface area contributed by atoms with Gasteiger partial charge in [0.25, 0.3) is 5.69 Å². The number of hydrogen-bond acceptors (Lipinski definition) is 4. The summed E-state index contributed by atoms with van der Waals surface area (Å²) in [7, 11) is 0. The fourth-order valence-electron chi connectivity index (χ4n) is 1.46. The summed E-state index contributed by atoms with van der Waals surface area (Å²) in [5.74, 6) is 0. The summed E-state index contributed by atoms with van der Waals surface area (Å²) in [6.45, 7) is 0. The number of nitrogens with two attached hydrogens (primary N) is 1. The molecule has 0 radical (unpaired) electrons. The molecule has 0 spiro atoms. The van der Waals surface area contributed by atoms with Crippen molar-refractivity contribution < 1.29 is 4.92 Å². The Bertz CT molecular complexity index is 650. The molecule has 98 valence electrons. The van der Waals surface area contributed by atoms with Crippen molar-refractivity contribution >= 4 is 46.3 Å². The first-order valence-corrected chi connectivity index (χ1v) is 6.72. The highest BCUT2D eigenvalue weighted by Gasteiger charge is 2.18. The Hall–Kier alpha value is -1.43. The number of nitro groups is 1. The lowest BCUT2D eigenvalue weighted by Crippen LogP contribution is -1.93. The summed E-state index contributed by atoms with van der Waals surface area (Å²) in [4.78, 5) is 11.5. The van der Waals surface area contributed by atoms with Gasteiger partial charge in [0.2, 0.25) is 0 Å². The van der Waals surface area contributed by atoms with Crippen LogP contribution < -0.4 is 5.73 Å². The van der Waals surface area contributed by atoms with Crippen molar-refractivity contribution in [1.82, 2.24) is 0 Å². The van der Waals surface area contributed by atoms with Gasteiger partial charge in [-0.15, -0.1) is 0 Å². The van der Waals surface area contributed by atoms with Crippen LogP contribution in [0.3, 0.4) is 0 Å². The van der Waals surface area contributed by atoms with Crippen LogP contribution in [0.15, 0.2) is 46.2 Å². The lowest BCUT2D eigenvalue weighted by molar-refractivity contribution is -0.387. The van der Waals surface area contributed by atoms with E-state index >= 15 is 0 Å². The standard InChI is InChI=1S/C12H8Cl2N2O2S/c13-7-4-5-11(9(15)6-7)19-12-8(14)2-1-3-10(12)16(17)18/h1-6H,15H2. The molecule has 2 aromatic rings. The molecular weight excluding hydrogens is 307 g/mol. The monoisotopic (exact) mass is 314 g/mol. The van der Waals surface area contributed by atoms with E-state index < -0.39 is 4.92 Å². The topological polar surface area (TPSA) is 69.2 Å². The van der Waals surface area contributed by atoms with E-state index in [-0.39, 0.29) is 5.69 Å². The van der Waals surface area contributed by atoms with E-state index in [0.29, 0.717) is 25.5 Å². The lowest BCUT2D eigenvalue weighted by atomic mass is 10.3. The summed E-state index contributed by atoms with van der Waals surface area (Å²) >= 11 is 13.0. The van der Waals surface area contributed by atoms with Crippen LogP contribution in [0.25, 0.3) is 0 Å². The highest BCUT2D eigenvalue weighted by Crippen LogP contribution is 2.42. The first-order valence-electron chi connectivity index (χ1n) is 5.15. The van der Waals surface area contributed by atoms with Crippen molar-refractivity contribution in [1.29, 1.82) is 0 Å². The first kappa shape index (κ1) is 14.0. The predicted octanol–water partition coefficient (Wildman–Crippen LogP) is 4.64. The fraction of sp³-hybridized carbons (Fsp3) is 0. The number of benzene rings is 2. The molecule has 0 aromatic heterocycles. The first-order chi connectivity index (χ1) is 8.99. The van der Waals surface area contributed by atoms with Crippen LogP contribution in [0, 0.1) is 10.1 Å². The van der Waals surface area contributed by atoms with E-state index in [4.69, 9.17) is 28.9 Å².